The van der Waals surface area contributed by atoms with Crippen molar-refractivity contribution in [1.82, 2.24) is 0 Å². The van der Waals surface area contributed by atoms with Crippen LogP contribution in [0.1, 0.15) is 6.92 Å². The molecule has 0 bridgehead atoms. The van der Waals surface area contributed by atoms with Crippen LogP contribution in [0.2, 0.25) is 0 Å². The summed E-state index contributed by atoms with van der Waals surface area (Å²) in [6.07, 6.45) is 0. The highest BCUT2D eigenvalue weighted by atomic mass is 16.5. The second kappa shape index (κ2) is 4.94. The van der Waals surface area contributed by atoms with E-state index in [0.717, 1.165) is 0 Å². The first-order valence-electron chi connectivity index (χ1n) is 4.68. The molecule has 0 unspecified atom stereocenters. The van der Waals surface area contributed by atoms with Crippen LogP contribution in [0.15, 0.2) is 22.7 Å². The quantitative estimate of drug-likeness (QED) is 0.657. The summed E-state index contributed by atoms with van der Waals surface area (Å²) in [4.78, 5) is 23.7. The number of allylic oxidation sites excluding steroid dienone is 2. The van der Waals surface area contributed by atoms with Crippen molar-refractivity contribution in [3.63, 3.8) is 0 Å². The van der Waals surface area contributed by atoms with E-state index in [4.69, 9.17) is 14.2 Å². The number of methoxy groups -OCH3 is 3. The summed E-state index contributed by atoms with van der Waals surface area (Å²) in [6, 6.07) is 0. The summed E-state index contributed by atoms with van der Waals surface area (Å²) in [5, 5.41) is 0. The molecule has 1 aliphatic rings. The summed E-state index contributed by atoms with van der Waals surface area (Å²) in [6.45, 7) is 1.65. The van der Waals surface area contributed by atoms with Gasteiger partial charge in [-0.3, -0.25) is 9.59 Å². The third-order valence-corrected chi connectivity index (χ3v) is 2.38. The number of carbonyl (C=O) groups excluding carboxylic acids is 2. The van der Waals surface area contributed by atoms with Crippen molar-refractivity contribution in [3.8, 4) is 0 Å². The largest absolute Gasteiger partial charge is 0.489 e. The Balaban J connectivity index is 3.25. The minimum absolute atomic E-state index is 0.0511. The smallest absolute Gasteiger partial charge is 0.230 e. The van der Waals surface area contributed by atoms with Crippen LogP contribution in [0.25, 0.3) is 0 Å². The average Bonchev–Trinajstić information content (AvgIpc) is 2.29. The van der Waals surface area contributed by atoms with E-state index in [2.05, 4.69) is 0 Å². The van der Waals surface area contributed by atoms with Crippen molar-refractivity contribution in [2.75, 3.05) is 27.9 Å². The van der Waals surface area contributed by atoms with Gasteiger partial charge in [0.15, 0.2) is 0 Å². The molecule has 88 valence electrons. The van der Waals surface area contributed by atoms with E-state index >= 15 is 0 Å². The second-order valence-electron chi connectivity index (χ2n) is 3.26. The fourth-order valence-corrected chi connectivity index (χ4v) is 1.51. The highest BCUT2D eigenvalue weighted by Gasteiger charge is 2.34. The summed E-state index contributed by atoms with van der Waals surface area (Å²) in [5.74, 6) is -0.820. The number of ether oxygens (including phenoxy) is 3. The molecule has 0 saturated heterocycles. The molecule has 5 nitrogen and oxygen atoms in total. The number of rotatable bonds is 4. The minimum atomic E-state index is -0.363. The average molecular weight is 226 g/mol. The van der Waals surface area contributed by atoms with E-state index in [1.54, 1.807) is 6.92 Å². The molecule has 0 aromatic carbocycles. The molecule has 0 N–H and O–H groups in total. The molecule has 5 heteroatoms. The van der Waals surface area contributed by atoms with Crippen LogP contribution in [0, 0.1) is 0 Å². The van der Waals surface area contributed by atoms with Gasteiger partial charge in [-0.15, -0.1) is 0 Å². The Morgan fingerprint density at radius 2 is 1.44 bits per heavy atom. The second-order valence-corrected chi connectivity index (χ2v) is 3.26. The van der Waals surface area contributed by atoms with E-state index in [1.807, 2.05) is 0 Å². The van der Waals surface area contributed by atoms with Gasteiger partial charge in [-0.2, -0.15) is 0 Å². The topological polar surface area (TPSA) is 61.8 Å². The van der Waals surface area contributed by atoms with Gasteiger partial charge in [0.05, 0.1) is 20.8 Å². The first-order chi connectivity index (χ1) is 7.58. The van der Waals surface area contributed by atoms with Crippen LogP contribution in [0.5, 0.6) is 0 Å². The first-order valence-corrected chi connectivity index (χ1v) is 4.68. The third-order valence-electron chi connectivity index (χ3n) is 2.38. The molecular formula is C11H14O5. The molecule has 0 aliphatic heterocycles. The number of ketones is 2. The van der Waals surface area contributed by atoms with Gasteiger partial charge < -0.3 is 14.2 Å². The molecule has 16 heavy (non-hydrogen) atoms. The van der Waals surface area contributed by atoms with E-state index in [9.17, 15) is 9.59 Å². The van der Waals surface area contributed by atoms with Crippen LogP contribution in [0.3, 0.4) is 0 Å². The maximum atomic E-state index is 11.9. The molecule has 0 saturated carbocycles. The lowest BCUT2D eigenvalue weighted by molar-refractivity contribution is -0.121. The third kappa shape index (κ3) is 1.86. The molecule has 1 aliphatic carbocycles. The van der Waals surface area contributed by atoms with Crippen LogP contribution < -0.4 is 0 Å². The Morgan fingerprint density at radius 3 is 1.88 bits per heavy atom. The lowest BCUT2D eigenvalue weighted by Crippen LogP contribution is -2.26. The predicted molar refractivity (Wildman–Crippen MR) is 55.6 cm³/mol. The molecule has 0 atom stereocenters. The summed E-state index contributed by atoms with van der Waals surface area (Å²) >= 11 is 0. The number of hydrogen-bond acceptors (Lipinski definition) is 5. The van der Waals surface area contributed by atoms with E-state index in [1.165, 1.54) is 21.3 Å². The molecular weight excluding hydrogens is 212 g/mol. The fourth-order valence-electron chi connectivity index (χ4n) is 1.51. The maximum absolute atomic E-state index is 11.9. The summed E-state index contributed by atoms with van der Waals surface area (Å²) < 4.78 is 14.7. The lowest BCUT2D eigenvalue weighted by atomic mass is 9.94. The predicted octanol–water partition coefficient (Wildman–Crippen LogP) is 0.605. The summed E-state index contributed by atoms with van der Waals surface area (Å²) in [7, 11) is 4.11. The molecule has 0 spiro atoms. The zero-order chi connectivity index (χ0) is 12.3. The molecule has 0 radical (unpaired) electrons. The Bertz CT molecular complexity index is 389. The summed E-state index contributed by atoms with van der Waals surface area (Å²) in [5.41, 5.74) is 0.648. The van der Waals surface area contributed by atoms with Crippen molar-refractivity contribution in [2.45, 2.75) is 6.92 Å². The molecule has 0 aromatic rings. The van der Waals surface area contributed by atoms with Crippen molar-refractivity contribution in [3.05, 3.63) is 22.7 Å². The SMILES string of the molecule is COCC1=C(C)C(=O)C(OC)=C(OC)C1=O. The van der Waals surface area contributed by atoms with Gasteiger partial charge >= 0.3 is 0 Å². The van der Waals surface area contributed by atoms with E-state index in [0.29, 0.717) is 11.1 Å². The van der Waals surface area contributed by atoms with Gasteiger partial charge in [-0.1, -0.05) is 0 Å². The van der Waals surface area contributed by atoms with E-state index < -0.39 is 0 Å². The zero-order valence-electron chi connectivity index (χ0n) is 9.75. The minimum Gasteiger partial charge on any atom is -0.489 e. The van der Waals surface area contributed by atoms with Crippen molar-refractivity contribution in [2.24, 2.45) is 0 Å². The number of carbonyl (C=O) groups is 2. The van der Waals surface area contributed by atoms with Crippen molar-refractivity contribution in [1.29, 1.82) is 0 Å². The normalized spacial score (nSPS) is 17.0. The monoisotopic (exact) mass is 226 g/mol. The van der Waals surface area contributed by atoms with Crippen LogP contribution in [-0.2, 0) is 23.8 Å². The van der Waals surface area contributed by atoms with Crippen molar-refractivity contribution >= 4 is 11.6 Å². The molecule has 0 amide bonds. The highest BCUT2D eigenvalue weighted by molar-refractivity contribution is 6.23. The van der Waals surface area contributed by atoms with Gasteiger partial charge in [-0.25, -0.2) is 0 Å². The zero-order valence-corrected chi connectivity index (χ0v) is 9.75. The maximum Gasteiger partial charge on any atom is 0.230 e. The number of Topliss-reactive ketones (excluding diaryl/α,β-unsaturated/α-hetero) is 2. The Labute approximate surface area is 93.7 Å². The van der Waals surface area contributed by atoms with Gasteiger partial charge in [0.2, 0.25) is 23.1 Å². The molecule has 1 rings (SSSR count). The van der Waals surface area contributed by atoms with Crippen LogP contribution >= 0.6 is 0 Å². The van der Waals surface area contributed by atoms with Crippen LogP contribution in [-0.4, -0.2) is 39.5 Å². The highest BCUT2D eigenvalue weighted by Crippen LogP contribution is 2.25. The van der Waals surface area contributed by atoms with Gasteiger partial charge in [-0.05, 0) is 6.92 Å². The molecule has 0 fully saturated rings. The van der Waals surface area contributed by atoms with Gasteiger partial charge in [0.1, 0.15) is 0 Å². The molecule has 0 aromatic heterocycles. The standard InChI is InChI=1S/C11H14O5/c1-6-7(5-14-2)9(13)11(16-4)10(15-3)8(6)12/h5H2,1-4H3. The van der Waals surface area contributed by atoms with Gasteiger partial charge in [0.25, 0.3) is 0 Å². The Hall–Kier alpha value is -1.62. The fraction of sp³-hybridized carbons (Fsp3) is 0.455. The van der Waals surface area contributed by atoms with Crippen LogP contribution in [0.4, 0.5) is 0 Å². The van der Waals surface area contributed by atoms with E-state index in [-0.39, 0.29) is 29.7 Å². The Morgan fingerprint density at radius 1 is 0.938 bits per heavy atom. The molecule has 0 heterocycles. The first kappa shape index (κ1) is 12.4. The van der Waals surface area contributed by atoms with Crippen molar-refractivity contribution < 1.29 is 23.8 Å². The van der Waals surface area contributed by atoms with Gasteiger partial charge in [0, 0.05) is 18.3 Å². The Kier molecular flexibility index (Phi) is 3.84. The number of hydrogen-bond donors (Lipinski definition) is 0. The lowest BCUT2D eigenvalue weighted by Gasteiger charge is -2.19.